The lowest BCUT2D eigenvalue weighted by Gasteiger charge is -2.18. The van der Waals surface area contributed by atoms with Crippen molar-refractivity contribution in [1.29, 1.82) is 0 Å². The zero-order chi connectivity index (χ0) is 20.7. The lowest BCUT2D eigenvalue weighted by atomic mass is 10.0. The number of sulfone groups is 1. The second-order valence-electron chi connectivity index (χ2n) is 6.21. The van der Waals surface area contributed by atoms with E-state index in [4.69, 9.17) is 14.2 Å². The van der Waals surface area contributed by atoms with Crippen molar-refractivity contribution in [1.82, 2.24) is 5.32 Å². The second kappa shape index (κ2) is 9.45. The largest absolute Gasteiger partial charge is 0.496 e. The Bertz CT molecular complexity index is 887. The molecule has 28 heavy (non-hydrogen) atoms. The van der Waals surface area contributed by atoms with Crippen LogP contribution in [0, 0.1) is 0 Å². The number of carbonyl (C=O) groups excluding carboxylic acids is 1. The van der Waals surface area contributed by atoms with Crippen LogP contribution < -0.4 is 19.5 Å². The fourth-order valence-corrected chi connectivity index (χ4v) is 3.25. The van der Waals surface area contributed by atoms with Gasteiger partial charge < -0.3 is 19.5 Å². The summed E-state index contributed by atoms with van der Waals surface area (Å²) in [6, 6.07) is 11.3. The number of hydrogen-bond acceptors (Lipinski definition) is 6. The molecule has 1 atom stereocenters. The van der Waals surface area contributed by atoms with Crippen molar-refractivity contribution in [2.45, 2.75) is 24.3 Å². The quantitative estimate of drug-likeness (QED) is 0.687. The Morgan fingerprint density at radius 1 is 1.00 bits per heavy atom. The molecular weight excluding hydrogens is 382 g/mol. The molecule has 2 aromatic carbocycles. The Labute approximate surface area is 165 Å². The molecule has 1 unspecified atom stereocenters. The summed E-state index contributed by atoms with van der Waals surface area (Å²) in [7, 11) is -0.186. The van der Waals surface area contributed by atoms with E-state index in [9.17, 15) is 13.2 Å². The molecule has 2 aromatic rings. The van der Waals surface area contributed by atoms with E-state index in [-0.39, 0.29) is 23.5 Å². The van der Waals surface area contributed by atoms with E-state index in [1.807, 2.05) is 6.92 Å². The summed E-state index contributed by atoms with van der Waals surface area (Å²) in [6.07, 6.45) is 1.81. The van der Waals surface area contributed by atoms with E-state index in [2.05, 4.69) is 5.32 Å². The molecule has 2 rings (SSSR count). The molecule has 7 nitrogen and oxygen atoms in total. The number of ether oxygens (including phenoxy) is 3. The van der Waals surface area contributed by atoms with Crippen LogP contribution in [0.25, 0.3) is 0 Å². The van der Waals surface area contributed by atoms with Gasteiger partial charge in [0.2, 0.25) is 0 Å². The summed E-state index contributed by atoms with van der Waals surface area (Å²) in [6.45, 7) is 1.76. The van der Waals surface area contributed by atoms with Gasteiger partial charge in [0.1, 0.15) is 17.2 Å². The summed E-state index contributed by atoms with van der Waals surface area (Å²) in [5.41, 5.74) is 0.825. The van der Waals surface area contributed by atoms with Crippen molar-refractivity contribution < 1.29 is 27.4 Å². The highest BCUT2D eigenvalue weighted by Crippen LogP contribution is 2.27. The first kappa shape index (κ1) is 21.6. The van der Waals surface area contributed by atoms with E-state index >= 15 is 0 Å². The minimum absolute atomic E-state index is 0.172. The molecule has 0 fully saturated rings. The van der Waals surface area contributed by atoms with Gasteiger partial charge in [0, 0.05) is 24.5 Å². The molecule has 0 aliphatic carbocycles. The van der Waals surface area contributed by atoms with Crippen LogP contribution in [0.2, 0.25) is 0 Å². The normalized spacial score (nSPS) is 12.1. The Morgan fingerprint density at radius 2 is 1.54 bits per heavy atom. The van der Waals surface area contributed by atoms with Crippen molar-refractivity contribution in [3.8, 4) is 17.2 Å². The Kier molecular flexibility index (Phi) is 7.28. The van der Waals surface area contributed by atoms with E-state index in [0.717, 1.165) is 11.8 Å². The lowest BCUT2D eigenvalue weighted by molar-refractivity contribution is -0.123. The van der Waals surface area contributed by atoms with Crippen LogP contribution in [0.15, 0.2) is 47.4 Å². The molecule has 0 radical (unpaired) electrons. The molecule has 0 heterocycles. The maximum Gasteiger partial charge on any atom is 0.258 e. The van der Waals surface area contributed by atoms with Gasteiger partial charge in [-0.15, -0.1) is 0 Å². The van der Waals surface area contributed by atoms with Crippen molar-refractivity contribution in [3.05, 3.63) is 48.0 Å². The SMILES string of the molecule is CCC(NC(=O)COc1cc(OC)cc(OC)c1)c1ccc(S(C)(=O)=O)cc1. The van der Waals surface area contributed by atoms with E-state index in [1.54, 1.807) is 42.5 Å². The summed E-state index contributed by atoms with van der Waals surface area (Å²) in [5, 5.41) is 2.89. The van der Waals surface area contributed by atoms with Crippen molar-refractivity contribution in [2.75, 3.05) is 27.1 Å². The topological polar surface area (TPSA) is 90.9 Å². The zero-order valence-electron chi connectivity index (χ0n) is 16.4. The summed E-state index contributed by atoms with van der Waals surface area (Å²) < 4.78 is 39.0. The molecule has 1 amide bonds. The van der Waals surface area contributed by atoms with Crippen molar-refractivity contribution >= 4 is 15.7 Å². The van der Waals surface area contributed by atoms with E-state index < -0.39 is 9.84 Å². The molecule has 0 spiro atoms. The predicted octanol–water partition coefficient (Wildman–Crippen LogP) is 2.75. The molecule has 152 valence electrons. The average molecular weight is 407 g/mol. The minimum atomic E-state index is -3.25. The molecule has 0 aliphatic rings. The monoisotopic (exact) mass is 407 g/mol. The Balaban J connectivity index is 2.01. The number of carbonyl (C=O) groups is 1. The van der Waals surface area contributed by atoms with Gasteiger partial charge >= 0.3 is 0 Å². The Hall–Kier alpha value is -2.74. The summed E-state index contributed by atoms with van der Waals surface area (Å²) in [4.78, 5) is 12.5. The first-order valence-corrected chi connectivity index (χ1v) is 10.6. The van der Waals surface area contributed by atoms with Crippen LogP contribution in [0.5, 0.6) is 17.2 Å². The number of hydrogen-bond donors (Lipinski definition) is 1. The third-order valence-electron chi connectivity index (χ3n) is 4.15. The van der Waals surface area contributed by atoms with E-state index in [0.29, 0.717) is 23.7 Å². The highest BCUT2D eigenvalue weighted by Gasteiger charge is 2.15. The Morgan fingerprint density at radius 3 is 2.00 bits per heavy atom. The van der Waals surface area contributed by atoms with Gasteiger partial charge in [0.05, 0.1) is 25.2 Å². The van der Waals surface area contributed by atoms with Crippen LogP contribution in [0.4, 0.5) is 0 Å². The van der Waals surface area contributed by atoms with Crippen LogP contribution in [0.3, 0.4) is 0 Å². The lowest BCUT2D eigenvalue weighted by Crippen LogP contribution is -2.32. The van der Waals surface area contributed by atoms with Gasteiger partial charge in [-0.05, 0) is 24.1 Å². The van der Waals surface area contributed by atoms with Gasteiger partial charge in [0.15, 0.2) is 16.4 Å². The maximum absolute atomic E-state index is 12.3. The first-order chi connectivity index (χ1) is 13.3. The molecule has 8 heteroatoms. The minimum Gasteiger partial charge on any atom is -0.496 e. The molecule has 0 bridgehead atoms. The molecule has 0 saturated carbocycles. The van der Waals surface area contributed by atoms with Gasteiger partial charge in [-0.1, -0.05) is 19.1 Å². The third kappa shape index (κ3) is 5.88. The molecule has 0 aliphatic heterocycles. The van der Waals surface area contributed by atoms with Crippen LogP contribution in [-0.2, 0) is 14.6 Å². The van der Waals surface area contributed by atoms with Crippen LogP contribution in [-0.4, -0.2) is 41.4 Å². The van der Waals surface area contributed by atoms with Gasteiger partial charge in [-0.3, -0.25) is 4.79 Å². The van der Waals surface area contributed by atoms with E-state index in [1.165, 1.54) is 14.2 Å². The molecule has 0 aromatic heterocycles. The number of nitrogens with one attached hydrogen (secondary N) is 1. The second-order valence-corrected chi connectivity index (χ2v) is 8.22. The van der Waals surface area contributed by atoms with Crippen molar-refractivity contribution in [3.63, 3.8) is 0 Å². The summed E-state index contributed by atoms with van der Waals surface area (Å²) >= 11 is 0. The smallest absolute Gasteiger partial charge is 0.258 e. The fraction of sp³-hybridized carbons (Fsp3) is 0.350. The van der Waals surface area contributed by atoms with Gasteiger partial charge in [0.25, 0.3) is 5.91 Å². The third-order valence-corrected chi connectivity index (χ3v) is 5.28. The molecule has 1 N–H and O–H groups in total. The maximum atomic E-state index is 12.3. The standard InChI is InChI=1S/C20H25NO6S/c1-5-19(14-6-8-18(9-7-14)28(4,23)24)21-20(22)13-27-17-11-15(25-2)10-16(12-17)26-3/h6-12,19H,5,13H2,1-4H3,(H,21,22). The molecular formula is C20H25NO6S. The van der Waals surface area contributed by atoms with Gasteiger partial charge in [-0.2, -0.15) is 0 Å². The predicted molar refractivity (Wildman–Crippen MR) is 106 cm³/mol. The number of rotatable bonds is 9. The highest BCUT2D eigenvalue weighted by molar-refractivity contribution is 7.90. The molecule has 0 saturated heterocycles. The average Bonchev–Trinajstić information content (AvgIpc) is 2.69. The number of amides is 1. The summed E-state index contributed by atoms with van der Waals surface area (Å²) in [5.74, 6) is 1.29. The number of methoxy groups -OCH3 is 2. The zero-order valence-corrected chi connectivity index (χ0v) is 17.2. The van der Waals surface area contributed by atoms with Crippen molar-refractivity contribution in [2.24, 2.45) is 0 Å². The first-order valence-electron chi connectivity index (χ1n) is 8.72. The van der Waals surface area contributed by atoms with Crippen LogP contribution >= 0.6 is 0 Å². The highest BCUT2D eigenvalue weighted by atomic mass is 32.2. The van der Waals surface area contributed by atoms with Crippen LogP contribution in [0.1, 0.15) is 24.9 Å². The van der Waals surface area contributed by atoms with Gasteiger partial charge in [-0.25, -0.2) is 8.42 Å². The number of benzene rings is 2. The fourth-order valence-electron chi connectivity index (χ4n) is 2.62.